The van der Waals surface area contributed by atoms with Gasteiger partial charge in [0.2, 0.25) is 0 Å². The lowest BCUT2D eigenvalue weighted by Crippen LogP contribution is -1.95. The zero-order valence-electron chi connectivity index (χ0n) is 12.0. The molecule has 3 aromatic rings. The summed E-state index contributed by atoms with van der Waals surface area (Å²) in [6, 6.07) is 9.15. The number of nitrogens with zero attached hydrogens (tertiary/aromatic N) is 2. The van der Waals surface area contributed by atoms with E-state index in [1.165, 1.54) is 6.07 Å². The molecule has 1 heterocycles. The van der Waals surface area contributed by atoms with Crippen LogP contribution in [0.25, 0.3) is 22.3 Å². The number of fused-ring (bicyclic) bond motifs is 1. The van der Waals surface area contributed by atoms with Crippen molar-refractivity contribution in [2.75, 3.05) is 0 Å². The third-order valence-electron chi connectivity index (χ3n) is 3.41. The Labute approximate surface area is 127 Å². The molecule has 4 heteroatoms. The summed E-state index contributed by atoms with van der Waals surface area (Å²) < 4.78 is 13.7. The van der Waals surface area contributed by atoms with Crippen LogP contribution in [-0.2, 0) is 0 Å². The van der Waals surface area contributed by atoms with Crippen LogP contribution >= 0.6 is 11.6 Å². The van der Waals surface area contributed by atoms with E-state index in [1.54, 1.807) is 13.0 Å². The normalized spacial score (nSPS) is 11.1. The van der Waals surface area contributed by atoms with Crippen LogP contribution in [0.3, 0.4) is 0 Å². The van der Waals surface area contributed by atoms with Gasteiger partial charge in [-0.2, -0.15) is 0 Å². The van der Waals surface area contributed by atoms with Gasteiger partial charge in [0.05, 0.1) is 5.52 Å². The second-order valence-electron chi connectivity index (χ2n) is 5.33. The van der Waals surface area contributed by atoms with Crippen molar-refractivity contribution in [2.45, 2.75) is 20.8 Å². The summed E-state index contributed by atoms with van der Waals surface area (Å²) in [6.07, 6.45) is 0. The van der Waals surface area contributed by atoms with E-state index >= 15 is 0 Å². The number of hydrogen-bond acceptors (Lipinski definition) is 2. The Bertz CT molecular complexity index is 839. The van der Waals surface area contributed by atoms with Crippen LogP contribution in [0.15, 0.2) is 30.3 Å². The van der Waals surface area contributed by atoms with Crippen molar-refractivity contribution in [3.8, 4) is 11.4 Å². The van der Waals surface area contributed by atoms with Crippen LogP contribution in [0.2, 0.25) is 5.15 Å². The molecule has 0 aliphatic carbocycles. The van der Waals surface area contributed by atoms with Crippen LogP contribution in [0.5, 0.6) is 0 Å². The van der Waals surface area contributed by atoms with Crippen LogP contribution in [0.1, 0.15) is 16.7 Å². The molecule has 2 nitrogen and oxygen atoms in total. The van der Waals surface area contributed by atoms with Gasteiger partial charge in [-0.15, -0.1) is 0 Å². The highest BCUT2D eigenvalue weighted by Gasteiger charge is 2.11. The van der Waals surface area contributed by atoms with Gasteiger partial charge in [0.1, 0.15) is 11.0 Å². The number of benzene rings is 2. The number of aryl methyl sites for hydroxylation is 3. The Hall–Kier alpha value is -2.00. The minimum Gasteiger partial charge on any atom is -0.228 e. The molecule has 0 fully saturated rings. The van der Waals surface area contributed by atoms with Gasteiger partial charge in [-0.05, 0) is 44.5 Å². The standard InChI is InChI=1S/C17H14ClFN2/c1-9-4-10(2)6-12(5-9)17-20-15-8-14(19)11(3)7-13(15)16(18)21-17/h4-8H,1-3H3. The van der Waals surface area contributed by atoms with Gasteiger partial charge < -0.3 is 0 Å². The topological polar surface area (TPSA) is 25.8 Å². The lowest BCUT2D eigenvalue weighted by Gasteiger charge is -2.08. The van der Waals surface area contributed by atoms with E-state index in [9.17, 15) is 4.39 Å². The molecule has 0 aliphatic rings. The molecule has 106 valence electrons. The van der Waals surface area contributed by atoms with E-state index in [2.05, 4.69) is 16.0 Å². The lowest BCUT2D eigenvalue weighted by atomic mass is 10.1. The van der Waals surface area contributed by atoms with Gasteiger partial charge in [-0.1, -0.05) is 28.8 Å². The maximum atomic E-state index is 13.7. The molecule has 0 saturated carbocycles. The lowest BCUT2D eigenvalue weighted by molar-refractivity contribution is 0.620. The van der Waals surface area contributed by atoms with Crippen molar-refractivity contribution >= 4 is 22.5 Å². The van der Waals surface area contributed by atoms with Crippen LogP contribution < -0.4 is 0 Å². The van der Waals surface area contributed by atoms with Crippen molar-refractivity contribution in [1.82, 2.24) is 9.97 Å². The minimum atomic E-state index is -0.288. The second kappa shape index (κ2) is 5.08. The molecule has 1 aromatic heterocycles. The highest BCUT2D eigenvalue weighted by atomic mass is 35.5. The van der Waals surface area contributed by atoms with Gasteiger partial charge in [0.15, 0.2) is 5.82 Å². The van der Waals surface area contributed by atoms with Crippen LogP contribution in [-0.4, -0.2) is 9.97 Å². The summed E-state index contributed by atoms with van der Waals surface area (Å²) in [5, 5.41) is 1.01. The highest BCUT2D eigenvalue weighted by molar-refractivity contribution is 6.34. The summed E-state index contributed by atoms with van der Waals surface area (Å²) in [5.74, 6) is 0.228. The summed E-state index contributed by atoms with van der Waals surface area (Å²) in [4.78, 5) is 8.81. The average Bonchev–Trinajstić information content (AvgIpc) is 2.40. The molecule has 0 saturated heterocycles. The molecular weight excluding hydrogens is 287 g/mol. The maximum Gasteiger partial charge on any atom is 0.161 e. The van der Waals surface area contributed by atoms with Crippen molar-refractivity contribution < 1.29 is 4.39 Å². The summed E-state index contributed by atoms with van der Waals surface area (Å²) >= 11 is 6.24. The first-order valence-corrected chi connectivity index (χ1v) is 7.04. The van der Waals surface area contributed by atoms with Crippen molar-refractivity contribution in [3.05, 3.63) is 58.0 Å². The fourth-order valence-corrected chi connectivity index (χ4v) is 2.69. The first kappa shape index (κ1) is 14.0. The van der Waals surface area contributed by atoms with E-state index in [0.29, 0.717) is 27.4 Å². The Morgan fingerprint density at radius 1 is 0.905 bits per heavy atom. The third kappa shape index (κ3) is 2.61. The first-order chi connectivity index (χ1) is 9.94. The van der Waals surface area contributed by atoms with Crippen molar-refractivity contribution in [1.29, 1.82) is 0 Å². The summed E-state index contributed by atoms with van der Waals surface area (Å²) in [5.41, 5.74) is 4.19. The van der Waals surface area contributed by atoms with Gasteiger partial charge in [0, 0.05) is 17.0 Å². The molecular formula is C17H14ClFN2. The van der Waals surface area contributed by atoms with E-state index in [4.69, 9.17) is 11.6 Å². The Kier molecular flexibility index (Phi) is 3.38. The molecule has 0 spiro atoms. The van der Waals surface area contributed by atoms with Gasteiger partial charge >= 0.3 is 0 Å². The molecule has 21 heavy (non-hydrogen) atoms. The van der Waals surface area contributed by atoms with Gasteiger partial charge in [-0.3, -0.25) is 0 Å². The Morgan fingerprint density at radius 3 is 2.24 bits per heavy atom. The van der Waals surface area contributed by atoms with Crippen LogP contribution in [0.4, 0.5) is 4.39 Å². The molecule has 0 unspecified atom stereocenters. The smallest absolute Gasteiger partial charge is 0.161 e. The number of hydrogen-bond donors (Lipinski definition) is 0. The molecule has 0 amide bonds. The van der Waals surface area contributed by atoms with E-state index in [1.807, 2.05) is 26.0 Å². The predicted molar refractivity (Wildman–Crippen MR) is 84.2 cm³/mol. The molecule has 2 aromatic carbocycles. The van der Waals surface area contributed by atoms with E-state index in [0.717, 1.165) is 16.7 Å². The molecule has 0 bridgehead atoms. The number of rotatable bonds is 1. The third-order valence-corrected chi connectivity index (χ3v) is 3.70. The van der Waals surface area contributed by atoms with Crippen molar-refractivity contribution in [3.63, 3.8) is 0 Å². The summed E-state index contributed by atoms with van der Waals surface area (Å²) in [7, 11) is 0. The molecule has 3 rings (SSSR count). The maximum absolute atomic E-state index is 13.7. The van der Waals surface area contributed by atoms with Gasteiger partial charge in [-0.25, -0.2) is 14.4 Å². The number of halogens is 2. The van der Waals surface area contributed by atoms with E-state index < -0.39 is 0 Å². The first-order valence-electron chi connectivity index (χ1n) is 6.66. The monoisotopic (exact) mass is 300 g/mol. The SMILES string of the molecule is Cc1cc(C)cc(-c2nc(Cl)c3cc(C)c(F)cc3n2)c1. The largest absolute Gasteiger partial charge is 0.228 e. The second-order valence-corrected chi connectivity index (χ2v) is 5.69. The minimum absolute atomic E-state index is 0.288. The van der Waals surface area contributed by atoms with Gasteiger partial charge in [0.25, 0.3) is 0 Å². The Balaban J connectivity index is 2.27. The van der Waals surface area contributed by atoms with E-state index in [-0.39, 0.29) is 5.82 Å². The zero-order chi connectivity index (χ0) is 15.1. The number of aromatic nitrogens is 2. The van der Waals surface area contributed by atoms with Crippen molar-refractivity contribution in [2.24, 2.45) is 0 Å². The fourth-order valence-electron chi connectivity index (χ4n) is 2.45. The van der Waals surface area contributed by atoms with Crippen LogP contribution in [0, 0.1) is 26.6 Å². The average molecular weight is 301 g/mol. The molecule has 0 radical (unpaired) electrons. The summed E-state index contributed by atoms with van der Waals surface area (Å²) in [6.45, 7) is 5.73. The Morgan fingerprint density at radius 2 is 1.57 bits per heavy atom. The predicted octanol–water partition coefficient (Wildman–Crippen LogP) is 5.01. The quantitative estimate of drug-likeness (QED) is 0.590. The molecule has 0 aliphatic heterocycles. The fraction of sp³-hybridized carbons (Fsp3) is 0.176. The molecule has 0 N–H and O–H groups in total. The highest BCUT2D eigenvalue weighted by Crippen LogP contribution is 2.27. The molecule has 0 atom stereocenters. The zero-order valence-corrected chi connectivity index (χ0v) is 12.8.